The van der Waals surface area contributed by atoms with Crippen LogP contribution in [0.25, 0.3) is 0 Å². The summed E-state index contributed by atoms with van der Waals surface area (Å²) in [6.07, 6.45) is 6.67. The van der Waals surface area contributed by atoms with Crippen molar-refractivity contribution in [2.45, 2.75) is 38.5 Å². The first-order valence-electron chi connectivity index (χ1n) is 10.7. The molecule has 0 bridgehead atoms. The van der Waals surface area contributed by atoms with Crippen LogP contribution in [0.5, 0.6) is 11.5 Å². The van der Waals surface area contributed by atoms with Gasteiger partial charge < -0.3 is 14.4 Å². The molecule has 0 amide bonds. The molecular weight excluding hydrogens is 384 g/mol. The van der Waals surface area contributed by atoms with E-state index in [2.05, 4.69) is 93.8 Å². The van der Waals surface area contributed by atoms with Gasteiger partial charge in [0.1, 0.15) is 18.5 Å². The summed E-state index contributed by atoms with van der Waals surface area (Å²) < 4.78 is 13.2. The second kappa shape index (κ2) is 7.30. The van der Waals surface area contributed by atoms with Gasteiger partial charge in [0.2, 0.25) is 5.69 Å². The maximum atomic E-state index is 5.46. The maximum Gasteiger partial charge on any atom is 0.209 e. The summed E-state index contributed by atoms with van der Waals surface area (Å²) in [6, 6.07) is 12.7. The summed E-state index contributed by atoms with van der Waals surface area (Å²) in [4.78, 5) is 2.27. The minimum Gasteiger partial charge on any atom is -0.497 e. The molecule has 31 heavy (non-hydrogen) atoms. The van der Waals surface area contributed by atoms with E-state index in [1.54, 1.807) is 14.2 Å². The second-order valence-electron chi connectivity index (χ2n) is 9.43. The lowest BCUT2D eigenvalue weighted by atomic mass is 9.81. The Hall–Kier alpha value is -3.01. The Morgan fingerprint density at radius 2 is 1.52 bits per heavy atom. The predicted octanol–water partition coefficient (Wildman–Crippen LogP) is 5.58. The number of nitrogens with zero attached hydrogens (tertiary/aromatic N) is 2. The summed E-state index contributed by atoms with van der Waals surface area (Å²) >= 11 is 0. The molecule has 2 heterocycles. The molecule has 162 valence electrons. The summed E-state index contributed by atoms with van der Waals surface area (Å²) in [5.41, 5.74) is 7.42. The number of hydrogen-bond donors (Lipinski definition) is 0. The Balaban J connectivity index is 1.69. The zero-order valence-corrected chi connectivity index (χ0v) is 19.9. The van der Waals surface area contributed by atoms with Crippen molar-refractivity contribution in [2.75, 3.05) is 33.2 Å². The Kier molecular flexibility index (Phi) is 5.00. The molecule has 2 aromatic rings. The van der Waals surface area contributed by atoms with Gasteiger partial charge >= 0.3 is 0 Å². The zero-order chi connectivity index (χ0) is 22.6. The van der Waals surface area contributed by atoms with E-state index in [4.69, 9.17) is 9.47 Å². The second-order valence-corrected chi connectivity index (χ2v) is 9.43. The molecule has 0 spiro atoms. The molecule has 2 aliphatic heterocycles. The molecule has 0 saturated carbocycles. The Bertz CT molecular complexity index is 1140. The van der Waals surface area contributed by atoms with Gasteiger partial charge in [-0.1, -0.05) is 26.0 Å². The minimum atomic E-state index is -0.0962. The first kappa shape index (κ1) is 21.2. The van der Waals surface area contributed by atoms with Crippen LogP contribution in [0.2, 0.25) is 0 Å². The van der Waals surface area contributed by atoms with Crippen LogP contribution in [0.3, 0.4) is 0 Å². The minimum absolute atomic E-state index is 0.0706. The van der Waals surface area contributed by atoms with Gasteiger partial charge in [0.05, 0.1) is 19.6 Å². The summed E-state index contributed by atoms with van der Waals surface area (Å²) in [7, 11) is 7.71. The number of methoxy groups -OCH3 is 2. The van der Waals surface area contributed by atoms with Gasteiger partial charge in [-0.15, -0.1) is 0 Å². The van der Waals surface area contributed by atoms with Crippen LogP contribution in [-0.2, 0) is 10.8 Å². The van der Waals surface area contributed by atoms with Gasteiger partial charge in [-0.05, 0) is 43.7 Å². The standard InChI is InChI=1S/C27H33N2O2/c1-26(2)20-14-12-19(31-8)17-23(20)29(6)24(26)10-9-11-25-27(3,4)21-16-18(30-7)13-15-22(21)28(25)5/h9-17H,1-8H3/q+1. The van der Waals surface area contributed by atoms with Crippen LogP contribution in [-0.4, -0.2) is 38.6 Å². The molecule has 2 aliphatic rings. The highest BCUT2D eigenvalue weighted by Crippen LogP contribution is 2.48. The highest BCUT2D eigenvalue weighted by Gasteiger charge is 2.43. The lowest BCUT2D eigenvalue weighted by molar-refractivity contribution is -0.401. The van der Waals surface area contributed by atoms with Crippen molar-refractivity contribution in [1.82, 2.24) is 0 Å². The molecule has 2 aromatic carbocycles. The Morgan fingerprint density at radius 1 is 0.871 bits per heavy atom. The highest BCUT2D eigenvalue weighted by molar-refractivity contribution is 6.03. The van der Waals surface area contributed by atoms with Crippen molar-refractivity contribution in [2.24, 2.45) is 0 Å². The fourth-order valence-electron chi connectivity index (χ4n) is 5.12. The third-order valence-electron chi connectivity index (χ3n) is 6.99. The highest BCUT2D eigenvalue weighted by atomic mass is 16.5. The lowest BCUT2D eigenvalue weighted by Gasteiger charge is -2.23. The fraction of sp³-hybridized carbons (Fsp3) is 0.370. The van der Waals surface area contributed by atoms with E-state index in [1.165, 1.54) is 33.9 Å². The molecule has 0 unspecified atom stereocenters. The summed E-state index contributed by atoms with van der Waals surface area (Å²) in [5, 5.41) is 0. The van der Waals surface area contributed by atoms with Crippen molar-refractivity contribution in [3.05, 3.63) is 71.5 Å². The van der Waals surface area contributed by atoms with E-state index < -0.39 is 0 Å². The van der Waals surface area contributed by atoms with Gasteiger partial charge in [-0.3, -0.25) is 0 Å². The van der Waals surface area contributed by atoms with Crippen LogP contribution >= 0.6 is 0 Å². The van der Waals surface area contributed by atoms with Crippen molar-refractivity contribution >= 4 is 17.1 Å². The van der Waals surface area contributed by atoms with Gasteiger partial charge in [-0.2, -0.15) is 4.58 Å². The number of likely N-dealkylation sites (N-methyl/N-ethyl adjacent to an activating group) is 1. The molecule has 0 aliphatic carbocycles. The Labute approximate surface area is 186 Å². The van der Waals surface area contributed by atoms with E-state index in [-0.39, 0.29) is 10.8 Å². The van der Waals surface area contributed by atoms with E-state index >= 15 is 0 Å². The topological polar surface area (TPSA) is 24.7 Å². The predicted molar refractivity (Wildman–Crippen MR) is 129 cm³/mol. The molecule has 4 heteroatoms. The third kappa shape index (κ3) is 3.16. The maximum absolute atomic E-state index is 5.46. The van der Waals surface area contributed by atoms with Crippen molar-refractivity contribution < 1.29 is 14.0 Å². The molecule has 0 atom stereocenters. The third-order valence-corrected chi connectivity index (χ3v) is 6.99. The molecule has 0 aromatic heterocycles. The van der Waals surface area contributed by atoms with Crippen LogP contribution < -0.4 is 14.4 Å². The van der Waals surface area contributed by atoms with Crippen LogP contribution in [0.1, 0.15) is 38.8 Å². The number of benzene rings is 2. The first-order valence-corrected chi connectivity index (χ1v) is 10.7. The van der Waals surface area contributed by atoms with Crippen molar-refractivity contribution in [3.63, 3.8) is 0 Å². The van der Waals surface area contributed by atoms with Crippen molar-refractivity contribution in [1.29, 1.82) is 0 Å². The molecular formula is C27H33N2O2+. The van der Waals surface area contributed by atoms with E-state index in [9.17, 15) is 0 Å². The van der Waals surface area contributed by atoms with Crippen LogP contribution in [0.4, 0.5) is 11.4 Å². The van der Waals surface area contributed by atoms with E-state index in [0.29, 0.717) is 0 Å². The van der Waals surface area contributed by atoms with Gasteiger partial charge in [0, 0.05) is 47.6 Å². The smallest absolute Gasteiger partial charge is 0.209 e. The number of ether oxygens (including phenoxy) is 2. The SMILES string of the molecule is COc1ccc2c(c1)N(C)/C(=C\C=C\C1=[N+](C)c3ccc(OC)cc3C1(C)C)C2(C)C. The normalized spacial score (nSPS) is 19.9. The lowest BCUT2D eigenvalue weighted by Crippen LogP contribution is -2.26. The molecule has 0 fully saturated rings. The Morgan fingerprint density at radius 3 is 2.19 bits per heavy atom. The molecule has 0 N–H and O–H groups in total. The molecule has 0 radical (unpaired) electrons. The van der Waals surface area contributed by atoms with E-state index in [1.807, 2.05) is 12.1 Å². The number of rotatable bonds is 4. The first-order chi connectivity index (χ1) is 14.6. The zero-order valence-electron chi connectivity index (χ0n) is 19.9. The quantitative estimate of drug-likeness (QED) is 0.607. The number of fused-ring (bicyclic) bond motifs is 2. The van der Waals surface area contributed by atoms with E-state index in [0.717, 1.165) is 11.5 Å². The van der Waals surface area contributed by atoms with Crippen LogP contribution in [0.15, 0.2) is 60.3 Å². The van der Waals surface area contributed by atoms with Gasteiger partial charge in [0.25, 0.3) is 0 Å². The molecule has 4 rings (SSSR count). The average Bonchev–Trinajstić information content (AvgIpc) is 3.06. The van der Waals surface area contributed by atoms with Gasteiger partial charge in [0.15, 0.2) is 5.71 Å². The summed E-state index contributed by atoms with van der Waals surface area (Å²) in [5.74, 6) is 1.78. The molecule has 0 saturated heterocycles. The summed E-state index contributed by atoms with van der Waals surface area (Å²) in [6.45, 7) is 9.11. The van der Waals surface area contributed by atoms with Crippen molar-refractivity contribution in [3.8, 4) is 11.5 Å². The number of allylic oxidation sites excluding steroid dienone is 4. The fourth-order valence-corrected chi connectivity index (χ4v) is 5.12. The average molecular weight is 418 g/mol. The molecule has 4 nitrogen and oxygen atoms in total. The monoisotopic (exact) mass is 417 g/mol. The largest absolute Gasteiger partial charge is 0.497 e. The number of anilines is 1. The number of hydrogen-bond acceptors (Lipinski definition) is 3. The van der Waals surface area contributed by atoms with Gasteiger partial charge in [-0.25, -0.2) is 0 Å². The van der Waals surface area contributed by atoms with Crippen LogP contribution in [0, 0.1) is 0 Å².